The summed E-state index contributed by atoms with van der Waals surface area (Å²) in [6.07, 6.45) is 1.05. The normalized spacial score (nSPS) is 29.3. The van der Waals surface area contributed by atoms with Crippen molar-refractivity contribution in [3.05, 3.63) is 0 Å². The molecule has 118 valence electrons. The fourth-order valence-electron chi connectivity index (χ4n) is 3.10. The predicted octanol–water partition coefficient (Wildman–Crippen LogP) is 0.359. The van der Waals surface area contributed by atoms with Gasteiger partial charge in [0, 0.05) is 26.7 Å². The number of likely N-dealkylation sites (tertiary alicyclic amines) is 2. The molecule has 7 nitrogen and oxygen atoms in total. The number of carbonyl (C=O) groups is 3. The molecular formula is C14H23N3O4. The van der Waals surface area contributed by atoms with E-state index < -0.39 is 17.4 Å². The molecule has 0 spiro atoms. The summed E-state index contributed by atoms with van der Waals surface area (Å²) in [6, 6.07) is -0.825. The lowest BCUT2D eigenvalue weighted by Gasteiger charge is -2.29. The minimum atomic E-state index is -0.881. The van der Waals surface area contributed by atoms with Gasteiger partial charge >= 0.3 is 12.0 Å². The molecule has 21 heavy (non-hydrogen) atoms. The summed E-state index contributed by atoms with van der Waals surface area (Å²) >= 11 is 0. The van der Waals surface area contributed by atoms with E-state index in [0.29, 0.717) is 25.9 Å². The smallest absolute Gasteiger partial charge is 0.318 e. The van der Waals surface area contributed by atoms with E-state index in [9.17, 15) is 19.5 Å². The van der Waals surface area contributed by atoms with E-state index in [2.05, 4.69) is 5.32 Å². The summed E-state index contributed by atoms with van der Waals surface area (Å²) in [5, 5.41) is 12.2. The molecule has 0 aromatic carbocycles. The lowest BCUT2D eigenvalue weighted by molar-refractivity contribution is -0.150. The lowest BCUT2D eigenvalue weighted by Crippen LogP contribution is -2.48. The van der Waals surface area contributed by atoms with Crippen molar-refractivity contribution in [3.8, 4) is 0 Å². The Morgan fingerprint density at radius 3 is 2.48 bits per heavy atom. The first-order valence-electron chi connectivity index (χ1n) is 7.32. The van der Waals surface area contributed by atoms with Crippen LogP contribution in [0.5, 0.6) is 0 Å². The van der Waals surface area contributed by atoms with Crippen LogP contribution in [-0.4, -0.2) is 65.5 Å². The van der Waals surface area contributed by atoms with E-state index in [1.807, 2.05) is 13.8 Å². The molecule has 2 saturated heterocycles. The third-order valence-corrected chi connectivity index (χ3v) is 4.84. The summed E-state index contributed by atoms with van der Waals surface area (Å²) in [7, 11) is 1.71. The highest BCUT2D eigenvalue weighted by atomic mass is 16.4. The van der Waals surface area contributed by atoms with Gasteiger partial charge in [0.05, 0.1) is 5.41 Å². The summed E-state index contributed by atoms with van der Waals surface area (Å²) < 4.78 is 0. The monoisotopic (exact) mass is 297 g/mol. The molecule has 3 amide bonds. The zero-order chi connectivity index (χ0) is 15.8. The number of carboxylic acids is 1. The number of hydrogen-bond acceptors (Lipinski definition) is 3. The summed E-state index contributed by atoms with van der Waals surface area (Å²) in [5.74, 6) is -0.993. The van der Waals surface area contributed by atoms with E-state index in [0.717, 1.165) is 0 Å². The fraction of sp³-hybridized carbons (Fsp3) is 0.786. The Labute approximate surface area is 124 Å². The standard InChI is InChI=1S/C14H23N3O4/c1-9(2)14(12(19)20)5-7-17(8-14)13(21)15-10-4-6-16(3)11(10)18/h9-10H,4-8H2,1-3H3,(H,15,21)(H,19,20). The zero-order valence-electron chi connectivity index (χ0n) is 12.8. The topological polar surface area (TPSA) is 89.9 Å². The molecule has 2 heterocycles. The Kier molecular flexibility index (Phi) is 4.11. The molecule has 0 bridgehead atoms. The van der Waals surface area contributed by atoms with Crippen molar-refractivity contribution in [2.75, 3.05) is 26.7 Å². The first-order chi connectivity index (χ1) is 9.78. The summed E-state index contributed by atoms with van der Waals surface area (Å²) in [6.45, 7) is 4.97. The average molecular weight is 297 g/mol. The number of urea groups is 1. The minimum absolute atomic E-state index is 0.0490. The van der Waals surface area contributed by atoms with Crippen LogP contribution in [0.15, 0.2) is 0 Å². The van der Waals surface area contributed by atoms with Crippen LogP contribution < -0.4 is 5.32 Å². The Morgan fingerprint density at radius 1 is 1.38 bits per heavy atom. The number of rotatable bonds is 3. The molecule has 0 aliphatic carbocycles. The molecule has 2 aliphatic heterocycles. The van der Waals surface area contributed by atoms with E-state index in [4.69, 9.17) is 0 Å². The average Bonchev–Trinajstić information content (AvgIpc) is 2.99. The quantitative estimate of drug-likeness (QED) is 0.787. The van der Waals surface area contributed by atoms with Gasteiger partial charge in [-0.1, -0.05) is 13.8 Å². The van der Waals surface area contributed by atoms with Gasteiger partial charge in [0.15, 0.2) is 0 Å². The van der Waals surface area contributed by atoms with Crippen molar-refractivity contribution in [1.29, 1.82) is 0 Å². The number of nitrogens with one attached hydrogen (secondary N) is 1. The summed E-state index contributed by atoms with van der Waals surface area (Å²) in [4.78, 5) is 38.7. The Morgan fingerprint density at radius 2 is 2.05 bits per heavy atom. The van der Waals surface area contributed by atoms with Crippen molar-refractivity contribution in [1.82, 2.24) is 15.1 Å². The molecule has 0 saturated carbocycles. The zero-order valence-corrected chi connectivity index (χ0v) is 12.8. The first kappa shape index (κ1) is 15.6. The number of carboxylic acid groups (broad SMARTS) is 1. The van der Waals surface area contributed by atoms with Gasteiger partial charge in [-0.3, -0.25) is 9.59 Å². The Hall–Kier alpha value is -1.79. The molecule has 2 aliphatic rings. The van der Waals surface area contributed by atoms with Crippen LogP contribution in [-0.2, 0) is 9.59 Å². The van der Waals surface area contributed by atoms with Crippen molar-refractivity contribution in [3.63, 3.8) is 0 Å². The van der Waals surface area contributed by atoms with Crippen molar-refractivity contribution < 1.29 is 19.5 Å². The molecule has 2 N–H and O–H groups in total. The summed E-state index contributed by atoms with van der Waals surface area (Å²) in [5.41, 5.74) is -0.881. The van der Waals surface area contributed by atoms with Crippen LogP contribution in [0.2, 0.25) is 0 Å². The van der Waals surface area contributed by atoms with Gasteiger partial charge < -0.3 is 20.2 Å². The maximum atomic E-state index is 12.2. The van der Waals surface area contributed by atoms with Crippen molar-refractivity contribution >= 4 is 17.9 Å². The van der Waals surface area contributed by atoms with Gasteiger partial charge in [0.25, 0.3) is 0 Å². The largest absolute Gasteiger partial charge is 0.481 e. The van der Waals surface area contributed by atoms with Gasteiger partial charge in [0.2, 0.25) is 5.91 Å². The highest BCUT2D eigenvalue weighted by molar-refractivity contribution is 5.89. The molecule has 2 fully saturated rings. The van der Waals surface area contributed by atoms with Gasteiger partial charge in [0.1, 0.15) is 6.04 Å². The number of amides is 3. The molecular weight excluding hydrogens is 274 g/mol. The molecule has 2 rings (SSSR count). The third-order valence-electron chi connectivity index (χ3n) is 4.84. The Balaban J connectivity index is 1.99. The fourth-order valence-corrected chi connectivity index (χ4v) is 3.10. The van der Waals surface area contributed by atoms with Gasteiger partial charge in [-0.05, 0) is 18.8 Å². The van der Waals surface area contributed by atoms with Crippen molar-refractivity contribution in [2.24, 2.45) is 11.3 Å². The third kappa shape index (κ3) is 2.69. The van der Waals surface area contributed by atoms with E-state index in [1.54, 1.807) is 11.9 Å². The molecule has 7 heteroatoms. The number of carbonyl (C=O) groups excluding carboxylic acids is 2. The van der Waals surface area contributed by atoms with Gasteiger partial charge in [-0.15, -0.1) is 0 Å². The second-order valence-corrected chi connectivity index (χ2v) is 6.34. The van der Waals surface area contributed by atoms with Gasteiger partial charge in [-0.2, -0.15) is 0 Å². The lowest BCUT2D eigenvalue weighted by atomic mass is 9.76. The Bertz CT molecular complexity index is 465. The minimum Gasteiger partial charge on any atom is -0.481 e. The van der Waals surface area contributed by atoms with E-state index >= 15 is 0 Å². The van der Waals surface area contributed by atoms with E-state index in [1.165, 1.54) is 4.90 Å². The van der Waals surface area contributed by atoms with E-state index in [-0.39, 0.29) is 24.4 Å². The maximum Gasteiger partial charge on any atom is 0.318 e. The van der Waals surface area contributed by atoms with Crippen LogP contribution >= 0.6 is 0 Å². The molecule has 0 aromatic rings. The van der Waals surface area contributed by atoms with Crippen molar-refractivity contribution in [2.45, 2.75) is 32.7 Å². The first-order valence-corrected chi connectivity index (χ1v) is 7.32. The highest BCUT2D eigenvalue weighted by Crippen LogP contribution is 2.38. The number of hydrogen-bond donors (Lipinski definition) is 2. The number of aliphatic carboxylic acids is 1. The molecule has 0 aromatic heterocycles. The van der Waals surface area contributed by atoms with Crippen LogP contribution in [0.3, 0.4) is 0 Å². The number of likely N-dealkylation sites (N-methyl/N-ethyl adjacent to an activating group) is 1. The van der Waals surface area contributed by atoms with Crippen LogP contribution in [0.25, 0.3) is 0 Å². The predicted molar refractivity (Wildman–Crippen MR) is 75.7 cm³/mol. The second kappa shape index (κ2) is 5.54. The molecule has 0 radical (unpaired) electrons. The highest BCUT2D eigenvalue weighted by Gasteiger charge is 2.48. The maximum absolute atomic E-state index is 12.2. The van der Waals surface area contributed by atoms with Crippen LogP contribution in [0.4, 0.5) is 4.79 Å². The second-order valence-electron chi connectivity index (χ2n) is 6.34. The van der Waals surface area contributed by atoms with Gasteiger partial charge in [-0.25, -0.2) is 4.79 Å². The SMILES string of the molecule is CC(C)C1(C(=O)O)CCN(C(=O)NC2CCN(C)C2=O)C1. The number of nitrogens with zero attached hydrogens (tertiary/aromatic N) is 2. The van der Waals surface area contributed by atoms with Crippen LogP contribution in [0.1, 0.15) is 26.7 Å². The molecule has 2 atom stereocenters. The van der Waals surface area contributed by atoms with Crippen LogP contribution in [0, 0.1) is 11.3 Å². The molecule has 2 unspecified atom stereocenters.